The smallest absolute Gasteiger partial charge is 0.224 e. The van der Waals surface area contributed by atoms with E-state index in [4.69, 9.17) is 17.2 Å². The van der Waals surface area contributed by atoms with Crippen LogP contribution in [0.2, 0.25) is 0 Å². The lowest BCUT2D eigenvalue weighted by Gasteiger charge is -2.08. The van der Waals surface area contributed by atoms with Gasteiger partial charge in [-0.1, -0.05) is 0 Å². The number of anilines is 3. The van der Waals surface area contributed by atoms with E-state index in [0.29, 0.717) is 0 Å². The van der Waals surface area contributed by atoms with Crippen LogP contribution in [0.15, 0.2) is 18.2 Å². The summed E-state index contributed by atoms with van der Waals surface area (Å²) in [7, 11) is 0. The molecule has 2 heterocycles. The normalized spacial score (nSPS) is 11.0. The van der Waals surface area contributed by atoms with Gasteiger partial charge in [-0.15, -0.1) is 0 Å². The fourth-order valence-corrected chi connectivity index (χ4v) is 1.88. The van der Waals surface area contributed by atoms with Crippen molar-refractivity contribution in [1.29, 1.82) is 0 Å². The summed E-state index contributed by atoms with van der Waals surface area (Å²) in [6, 6.07) is 2.93. The predicted octanol–water partition coefficient (Wildman–Crippen LogP) is 1.11. The van der Waals surface area contributed by atoms with E-state index in [1.807, 2.05) is 0 Å². The van der Waals surface area contributed by atoms with Crippen LogP contribution in [0.4, 0.5) is 26.4 Å². The molecule has 0 aliphatic rings. The number of fused-ring (bicyclic) bond motifs is 1. The minimum Gasteiger partial charge on any atom is -0.382 e. The first-order valence-electron chi connectivity index (χ1n) is 5.77. The summed E-state index contributed by atoms with van der Waals surface area (Å²) in [6.07, 6.45) is 0. The van der Waals surface area contributed by atoms with E-state index < -0.39 is 11.6 Å². The molecule has 0 saturated carbocycles. The third-order valence-corrected chi connectivity index (χ3v) is 2.79. The zero-order valence-electron chi connectivity index (χ0n) is 10.5. The van der Waals surface area contributed by atoms with Crippen molar-refractivity contribution in [2.75, 3.05) is 17.2 Å². The van der Waals surface area contributed by atoms with E-state index in [9.17, 15) is 8.78 Å². The number of hydrogen-bond acceptors (Lipinski definition) is 7. The van der Waals surface area contributed by atoms with Gasteiger partial charge in [0.25, 0.3) is 0 Å². The van der Waals surface area contributed by atoms with Crippen molar-refractivity contribution in [3.8, 4) is 11.3 Å². The zero-order chi connectivity index (χ0) is 15.1. The van der Waals surface area contributed by atoms with Gasteiger partial charge in [-0.3, -0.25) is 0 Å². The minimum absolute atomic E-state index is 0.0249. The van der Waals surface area contributed by atoms with Crippen molar-refractivity contribution in [1.82, 2.24) is 19.9 Å². The molecule has 0 bridgehead atoms. The molecular weight excluding hydrogens is 280 g/mol. The van der Waals surface area contributed by atoms with Crippen molar-refractivity contribution >= 4 is 28.7 Å². The highest BCUT2D eigenvalue weighted by molar-refractivity contribution is 5.87. The van der Waals surface area contributed by atoms with Crippen LogP contribution < -0.4 is 17.2 Å². The Hall–Kier alpha value is -3.10. The highest BCUT2D eigenvalue weighted by Gasteiger charge is 2.16. The molecule has 0 spiro atoms. The number of nitrogen functional groups attached to an aromatic ring is 3. The third-order valence-electron chi connectivity index (χ3n) is 2.79. The second-order valence-electron chi connectivity index (χ2n) is 4.22. The maximum Gasteiger partial charge on any atom is 0.224 e. The van der Waals surface area contributed by atoms with Gasteiger partial charge in [-0.25, -0.2) is 18.7 Å². The van der Waals surface area contributed by atoms with Crippen LogP contribution >= 0.6 is 0 Å². The summed E-state index contributed by atoms with van der Waals surface area (Å²) in [4.78, 5) is 15.6. The Morgan fingerprint density at radius 2 is 1.62 bits per heavy atom. The van der Waals surface area contributed by atoms with Gasteiger partial charge in [0.2, 0.25) is 5.95 Å². The molecule has 2 aromatic heterocycles. The Morgan fingerprint density at radius 3 is 2.38 bits per heavy atom. The molecule has 21 heavy (non-hydrogen) atoms. The summed E-state index contributed by atoms with van der Waals surface area (Å²) >= 11 is 0. The van der Waals surface area contributed by atoms with Crippen LogP contribution in [-0.4, -0.2) is 19.9 Å². The Labute approximate surface area is 116 Å². The molecule has 6 N–H and O–H groups in total. The van der Waals surface area contributed by atoms with Gasteiger partial charge in [0, 0.05) is 5.56 Å². The Bertz CT molecular complexity index is 866. The number of hydrogen-bond donors (Lipinski definition) is 3. The molecule has 0 aliphatic carbocycles. The van der Waals surface area contributed by atoms with Gasteiger partial charge in [0.1, 0.15) is 17.3 Å². The van der Waals surface area contributed by atoms with Crippen LogP contribution in [0, 0.1) is 11.6 Å². The summed E-state index contributed by atoms with van der Waals surface area (Å²) in [5.41, 5.74) is 16.9. The maximum absolute atomic E-state index is 13.8. The lowest BCUT2D eigenvalue weighted by atomic mass is 10.1. The van der Waals surface area contributed by atoms with Crippen molar-refractivity contribution < 1.29 is 8.78 Å². The molecule has 9 heteroatoms. The first kappa shape index (κ1) is 12.9. The monoisotopic (exact) mass is 289 g/mol. The summed E-state index contributed by atoms with van der Waals surface area (Å²) in [5, 5.41) is 0. The van der Waals surface area contributed by atoms with Crippen LogP contribution in [0.5, 0.6) is 0 Å². The highest BCUT2D eigenvalue weighted by atomic mass is 19.1. The van der Waals surface area contributed by atoms with Gasteiger partial charge >= 0.3 is 0 Å². The first-order valence-corrected chi connectivity index (χ1v) is 5.77. The topological polar surface area (TPSA) is 130 Å². The number of aromatic nitrogens is 4. The number of benzene rings is 1. The van der Waals surface area contributed by atoms with E-state index in [2.05, 4.69) is 19.9 Å². The zero-order valence-corrected chi connectivity index (χ0v) is 10.5. The molecule has 0 aliphatic heterocycles. The molecular formula is C12H9F2N7. The third kappa shape index (κ3) is 2.14. The number of halogens is 2. The average Bonchev–Trinajstić information content (AvgIpc) is 2.41. The molecule has 0 amide bonds. The molecule has 0 fully saturated rings. The largest absolute Gasteiger partial charge is 0.382 e. The fraction of sp³-hybridized carbons (Fsp3) is 0. The van der Waals surface area contributed by atoms with Crippen molar-refractivity contribution in [2.24, 2.45) is 0 Å². The molecule has 3 aromatic rings. The Balaban J connectivity index is 2.33. The van der Waals surface area contributed by atoms with Gasteiger partial charge in [-0.2, -0.15) is 9.97 Å². The van der Waals surface area contributed by atoms with Gasteiger partial charge in [-0.05, 0) is 18.2 Å². The standard InChI is InChI=1S/C12H9F2N7/c13-4-1-2-6(14)5(3-4)7-9(15)19-11-8(18-7)10(16)20-12(17)21-11/h1-3H,(H6,15,16,17,19,20,21). The average molecular weight is 289 g/mol. The second kappa shape index (κ2) is 4.47. The number of rotatable bonds is 1. The van der Waals surface area contributed by atoms with Crippen LogP contribution in [0.3, 0.4) is 0 Å². The van der Waals surface area contributed by atoms with Crippen LogP contribution in [0.25, 0.3) is 22.4 Å². The van der Waals surface area contributed by atoms with Crippen LogP contribution in [-0.2, 0) is 0 Å². The fourth-order valence-electron chi connectivity index (χ4n) is 1.88. The first-order chi connectivity index (χ1) is 9.95. The number of nitrogens with zero attached hydrogens (tertiary/aromatic N) is 4. The highest BCUT2D eigenvalue weighted by Crippen LogP contribution is 2.28. The molecule has 1 aromatic carbocycles. The Kier molecular flexibility index (Phi) is 2.75. The van der Waals surface area contributed by atoms with E-state index in [0.717, 1.165) is 18.2 Å². The van der Waals surface area contributed by atoms with E-state index >= 15 is 0 Å². The van der Waals surface area contributed by atoms with Crippen LogP contribution in [0.1, 0.15) is 0 Å². The molecule has 0 unspecified atom stereocenters. The Morgan fingerprint density at radius 1 is 0.857 bits per heavy atom. The summed E-state index contributed by atoms with van der Waals surface area (Å²) in [5.74, 6) is -1.55. The van der Waals surface area contributed by atoms with Gasteiger partial charge < -0.3 is 17.2 Å². The SMILES string of the molecule is Nc1nc(N)c2nc(-c3cc(F)ccc3F)c(N)nc2n1. The van der Waals surface area contributed by atoms with E-state index in [1.54, 1.807) is 0 Å². The van der Waals surface area contributed by atoms with Crippen molar-refractivity contribution in [2.45, 2.75) is 0 Å². The predicted molar refractivity (Wildman–Crippen MR) is 73.7 cm³/mol. The molecule has 0 radical (unpaired) electrons. The van der Waals surface area contributed by atoms with Crippen molar-refractivity contribution in [3.05, 3.63) is 29.8 Å². The van der Waals surface area contributed by atoms with E-state index in [1.165, 1.54) is 0 Å². The molecule has 106 valence electrons. The lowest BCUT2D eigenvalue weighted by Crippen LogP contribution is -2.06. The van der Waals surface area contributed by atoms with Gasteiger partial charge in [0.05, 0.1) is 0 Å². The molecule has 0 saturated heterocycles. The number of nitrogens with two attached hydrogens (primary N) is 3. The summed E-state index contributed by atoms with van der Waals surface area (Å²) in [6.45, 7) is 0. The summed E-state index contributed by atoms with van der Waals surface area (Å²) < 4.78 is 27.1. The minimum atomic E-state index is -0.688. The second-order valence-corrected chi connectivity index (χ2v) is 4.22. The van der Waals surface area contributed by atoms with Gasteiger partial charge in [0.15, 0.2) is 22.8 Å². The van der Waals surface area contributed by atoms with Crippen molar-refractivity contribution in [3.63, 3.8) is 0 Å². The van der Waals surface area contributed by atoms with E-state index in [-0.39, 0.29) is 40.0 Å². The quantitative estimate of drug-likeness (QED) is 0.611. The molecule has 7 nitrogen and oxygen atoms in total. The molecule has 3 rings (SSSR count). The lowest BCUT2D eigenvalue weighted by molar-refractivity contribution is 0.602. The maximum atomic E-state index is 13.8. The molecule has 0 atom stereocenters.